The monoisotopic (exact) mass is 536 g/mol. The van der Waals surface area contributed by atoms with Crippen LogP contribution in [-0.4, -0.2) is 79.4 Å². The summed E-state index contributed by atoms with van der Waals surface area (Å²) >= 11 is 0. The Hall–Kier alpha value is -3.88. The number of nitrogens with zero attached hydrogens (tertiary/aromatic N) is 7. The van der Waals surface area contributed by atoms with Crippen molar-refractivity contribution >= 4 is 22.4 Å². The minimum atomic E-state index is 0.626. The molecule has 0 amide bonds. The molecule has 0 radical (unpaired) electrons. The smallest absolute Gasteiger partial charge is 0.138 e. The lowest BCUT2D eigenvalue weighted by Crippen LogP contribution is -2.49. The zero-order chi connectivity index (χ0) is 28.1. The molecule has 40 heavy (non-hydrogen) atoms. The van der Waals surface area contributed by atoms with Crippen molar-refractivity contribution in [3.8, 4) is 22.8 Å². The van der Waals surface area contributed by atoms with Crippen molar-refractivity contribution in [3.63, 3.8) is 0 Å². The first-order valence-corrected chi connectivity index (χ1v) is 14.4. The fourth-order valence-electron chi connectivity index (χ4n) is 5.19. The highest BCUT2D eigenvalue weighted by Crippen LogP contribution is 2.32. The number of anilines is 1. The van der Waals surface area contributed by atoms with Crippen LogP contribution in [0.5, 0.6) is 0 Å². The average Bonchev–Trinajstić information content (AvgIpc) is 3.38. The van der Waals surface area contributed by atoms with Crippen LogP contribution in [-0.2, 0) is 0 Å². The molecule has 1 saturated heterocycles. The first kappa shape index (κ1) is 27.7. The van der Waals surface area contributed by atoms with Gasteiger partial charge in [-0.25, -0.2) is 9.97 Å². The SMILES string of the molecule is CC.Cc1cccc(-c2nc3ccccn3c2-c2ccc3ncc(NCCN4CCN(C(C)C)CC4)cc3n2)n1. The Labute approximate surface area is 237 Å². The van der Waals surface area contributed by atoms with Gasteiger partial charge in [-0.15, -0.1) is 0 Å². The predicted molar refractivity (Wildman–Crippen MR) is 165 cm³/mol. The van der Waals surface area contributed by atoms with Gasteiger partial charge in [-0.1, -0.05) is 26.0 Å². The molecule has 0 spiro atoms. The minimum Gasteiger partial charge on any atom is -0.382 e. The maximum Gasteiger partial charge on any atom is 0.138 e. The van der Waals surface area contributed by atoms with Gasteiger partial charge in [-0.2, -0.15) is 0 Å². The lowest BCUT2D eigenvalue weighted by molar-refractivity contribution is 0.111. The Morgan fingerprint density at radius 1 is 0.850 bits per heavy atom. The van der Waals surface area contributed by atoms with Gasteiger partial charge in [-0.3, -0.25) is 24.2 Å². The van der Waals surface area contributed by atoms with E-state index >= 15 is 0 Å². The van der Waals surface area contributed by atoms with E-state index in [1.807, 2.05) is 81.7 Å². The number of pyridine rings is 4. The van der Waals surface area contributed by atoms with Crippen molar-refractivity contribution < 1.29 is 0 Å². The van der Waals surface area contributed by atoms with Gasteiger partial charge in [0.1, 0.15) is 17.0 Å². The summed E-state index contributed by atoms with van der Waals surface area (Å²) in [6.07, 6.45) is 3.93. The Kier molecular flexibility index (Phi) is 8.67. The summed E-state index contributed by atoms with van der Waals surface area (Å²) in [4.78, 5) is 24.5. The summed E-state index contributed by atoms with van der Waals surface area (Å²) in [5.41, 5.74) is 7.97. The van der Waals surface area contributed by atoms with Gasteiger partial charge in [0, 0.05) is 57.2 Å². The third kappa shape index (κ3) is 5.98. The number of aryl methyl sites for hydroxylation is 1. The van der Waals surface area contributed by atoms with E-state index in [0.717, 1.165) is 90.1 Å². The molecule has 208 valence electrons. The van der Waals surface area contributed by atoms with Crippen LogP contribution in [0.4, 0.5) is 5.69 Å². The van der Waals surface area contributed by atoms with E-state index in [4.69, 9.17) is 15.0 Å². The Balaban J connectivity index is 0.00000158. The van der Waals surface area contributed by atoms with Gasteiger partial charge >= 0.3 is 0 Å². The first-order chi connectivity index (χ1) is 19.5. The van der Waals surface area contributed by atoms with Crippen molar-refractivity contribution in [1.82, 2.24) is 34.1 Å². The van der Waals surface area contributed by atoms with E-state index in [9.17, 15) is 0 Å². The highest BCUT2D eigenvalue weighted by Gasteiger charge is 2.19. The molecule has 5 aromatic rings. The zero-order valence-electron chi connectivity index (χ0n) is 24.3. The van der Waals surface area contributed by atoms with Gasteiger partial charge in [0.05, 0.1) is 34.3 Å². The molecule has 1 aliphatic heterocycles. The number of hydrogen-bond acceptors (Lipinski definition) is 7. The van der Waals surface area contributed by atoms with Crippen molar-refractivity contribution in [1.29, 1.82) is 0 Å². The third-order valence-corrected chi connectivity index (χ3v) is 7.34. The van der Waals surface area contributed by atoms with Crippen LogP contribution in [0, 0.1) is 6.92 Å². The molecule has 0 unspecified atom stereocenters. The van der Waals surface area contributed by atoms with E-state index in [2.05, 4.69) is 44.4 Å². The second kappa shape index (κ2) is 12.5. The van der Waals surface area contributed by atoms with E-state index < -0.39 is 0 Å². The number of nitrogens with one attached hydrogen (secondary N) is 1. The third-order valence-electron chi connectivity index (χ3n) is 7.34. The van der Waals surface area contributed by atoms with Gasteiger partial charge in [-0.05, 0) is 63.2 Å². The van der Waals surface area contributed by atoms with Crippen molar-refractivity contribution in [2.45, 2.75) is 40.7 Å². The van der Waals surface area contributed by atoms with Gasteiger partial charge < -0.3 is 5.32 Å². The Bertz CT molecular complexity index is 1570. The molecular formula is C32H40N8. The van der Waals surface area contributed by atoms with Crippen LogP contribution in [0.15, 0.2) is 67.0 Å². The van der Waals surface area contributed by atoms with Gasteiger partial charge in [0.25, 0.3) is 0 Å². The van der Waals surface area contributed by atoms with Crippen LogP contribution in [0.1, 0.15) is 33.4 Å². The molecule has 1 aliphatic rings. The fourth-order valence-corrected chi connectivity index (χ4v) is 5.19. The van der Waals surface area contributed by atoms with E-state index in [0.29, 0.717) is 6.04 Å². The lowest BCUT2D eigenvalue weighted by atomic mass is 10.1. The molecule has 5 aromatic heterocycles. The molecule has 1 N–H and O–H groups in total. The Morgan fingerprint density at radius 3 is 2.45 bits per heavy atom. The summed E-state index contributed by atoms with van der Waals surface area (Å²) in [5.74, 6) is 0. The van der Waals surface area contributed by atoms with E-state index in [1.165, 1.54) is 0 Å². The number of rotatable bonds is 7. The van der Waals surface area contributed by atoms with Crippen LogP contribution in [0.2, 0.25) is 0 Å². The van der Waals surface area contributed by atoms with Crippen molar-refractivity contribution in [3.05, 3.63) is 72.7 Å². The predicted octanol–water partition coefficient (Wildman–Crippen LogP) is 5.78. The lowest BCUT2D eigenvalue weighted by Gasteiger charge is -2.36. The largest absolute Gasteiger partial charge is 0.382 e. The first-order valence-electron chi connectivity index (χ1n) is 14.4. The highest BCUT2D eigenvalue weighted by atomic mass is 15.3. The topological polar surface area (TPSA) is 74.5 Å². The molecule has 0 aromatic carbocycles. The normalized spacial score (nSPS) is 14.4. The molecule has 0 aliphatic carbocycles. The summed E-state index contributed by atoms with van der Waals surface area (Å²) in [6.45, 7) is 17.0. The molecule has 6 rings (SSSR count). The van der Waals surface area contributed by atoms with E-state index in [1.54, 1.807) is 0 Å². The van der Waals surface area contributed by atoms with Crippen LogP contribution < -0.4 is 5.32 Å². The summed E-state index contributed by atoms with van der Waals surface area (Å²) in [6, 6.07) is 18.8. The standard InChI is InChI=1S/C30H34N8.C2H6/c1-21(2)37-17-15-36(16-18-37)14-12-31-23-19-27-24(32-20-23)10-11-26(34-27)30-29(25-8-6-7-22(3)33-25)35-28-9-4-5-13-38(28)30;1-2/h4-11,13,19-21,31H,12,14-18H2,1-3H3;1-2H3. The molecule has 8 heteroatoms. The van der Waals surface area contributed by atoms with Crippen LogP contribution in [0.25, 0.3) is 39.5 Å². The molecule has 0 atom stereocenters. The summed E-state index contributed by atoms with van der Waals surface area (Å²) in [7, 11) is 0. The van der Waals surface area contributed by atoms with Gasteiger partial charge in [0.2, 0.25) is 0 Å². The maximum absolute atomic E-state index is 5.05. The number of imidazole rings is 1. The van der Waals surface area contributed by atoms with E-state index in [-0.39, 0.29) is 0 Å². The molecule has 0 saturated carbocycles. The number of fused-ring (bicyclic) bond motifs is 2. The second-order valence-corrected chi connectivity index (χ2v) is 10.3. The maximum atomic E-state index is 5.05. The number of aromatic nitrogens is 5. The Morgan fingerprint density at radius 2 is 1.68 bits per heavy atom. The average molecular weight is 537 g/mol. The number of piperazine rings is 1. The fraction of sp³-hybridized carbons (Fsp3) is 0.375. The molecule has 8 nitrogen and oxygen atoms in total. The van der Waals surface area contributed by atoms with Gasteiger partial charge in [0.15, 0.2) is 0 Å². The summed E-state index contributed by atoms with van der Waals surface area (Å²) in [5, 5.41) is 3.56. The zero-order valence-corrected chi connectivity index (χ0v) is 24.3. The van der Waals surface area contributed by atoms with Crippen molar-refractivity contribution in [2.24, 2.45) is 0 Å². The molecular weight excluding hydrogens is 496 g/mol. The second-order valence-electron chi connectivity index (χ2n) is 10.3. The highest BCUT2D eigenvalue weighted by molar-refractivity contribution is 5.84. The van der Waals surface area contributed by atoms with Crippen LogP contribution >= 0.6 is 0 Å². The minimum absolute atomic E-state index is 0.626. The molecule has 6 heterocycles. The summed E-state index contributed by atoms with van der Waals surface area (Å²) < 4.78 is 2.09. The van der Waals surface area contributed by atoms with Crippen molar-refractivity contribution in [2.75, 3.05) is 44.6 Å². The molecule has 1 fully saturated rings. The van der Waals surface area contributed by atoms with Crippen LogP contribution in [0.3, 0.4) is 0 Å². The number of hydrogen-bond donors (Lipinski definition) is 1. The quantitative estimate of drug-likeness (QED) is 0.283. The molecule has 0 bridgehead atoms.